The highest BCUT2D eigenvalue weighted by Gasteiger charge is 2.04. The molecule has 0 aromatic carbocycles. The van der Waals surface area contributed by atoms with E-state index in [0.29, 0.717) is 0 Å². The van der Waals surface area contributed by atoms with E-state index < -0.39 is 0 Å². The van der Waals surface area contributed by atoms with Crippen LogP contribution in [0.4, 0.5) is 0 Å². The molecule has 1 aromatic rings. The van der Waals surface area contributed by atoms with Crippen molar-refractivity contribution in [1.82, 2.24) is 10.4 Å². The highest BCUT2D eigenvalue weighted by atomic mass is 15.3. The summed E-state index contributed by atoms with van der Waals surface area (Å²) in [6, 6.07) is 5.85. The van der Waals surface area contributed by atoms with Crippen LogP contribution in [0, 0.1) is 6.92 Å². The maximum Gasteiger partial charge on any atom is 0.113 e. The number of aryl methyl sites for hydroxylation is 1. The zero-order chi connectivity index (χ0) is 8.39. The molecule has 0 saturated heterocycles. The minimum Gasteiger partial charge on any atom is -0.251 e. The lowest BCUT2D eigenvalue weighted by molar-refractivity contribution is 0.970. The molecule has 0 saturated carbocycles. The molecule has 0 fully saturated rings. The maximum atomic E-state index is 4.31. The molecule has 3 nitrogen and oxygen atoms in total. The third kappa shape index (κ3) is 1.21. The summed E-state index contributed by atoms with van der Waals surface area (Å²) in [4.78, 5) is 4.31. The smallest absolute Gasteiger partial charge is 0.113 e. The molecule has 1 aliphatic rings. The quantitative estimate of drug-likeness (QED) is 0.605. The Balaban J connectivity index is 2.40. The first-order chi connectivity index (χ1) is 5.86. The van der Waals surface area contributed by atoms with E-state index in [0.717, 1.165) is 17.1 Å². The third-order valence-electron chi connectivity index (χ3n) is 1.62. The molecule has 1 aliphatic heterocycles. The molecule has 12 heavy (non-hydrogen) atoms. The standard InChI is InChI=1S/C9H8N3/c1-7-3-2-4-8(11-7)9-5-6-10-12-9/h2-6H,1H3. The van der Waals surface area contributed by atoms with E-state index in [-0.39, 0.29) is 0 Å². The Morgan fingerprint density at radius 1 is 1.25 bits per heavy atom. The fourth-order valence-electron chi connectivity index (χ4n) is 1.06. The molecule has 0 atom stereocenters. The summed E-state index contributed by atoms with van der Waals surface area (Å²) in [7, 11) is 0. The number of pyridine rings is 1. The molecule has 2 rings (SSSR count). The first kappa shape index (κ1) is 7.03. The topological polar surface area (TPSA) is 39.4 Å². The van der Waals surface area contributed by atoms with Crippen LogP contribution in [0.25, 0.3) is 0 Å². The van der Waals surface area contributed by atoms with E-state index in [2.05, 4.69) is 15.5 Å². The molecule has 0 aliphatic carbocycles. The van der Waals surface area contributed by atoms with Crippen molar-refractivity contribution in [2.24, 2.45) is 5.10 Å². The molecular formula is C9H8N3. The van der Waals surface area contributed by atoms with Crippen LogP contribution >= 0.6 is 0 Å². The van der Waals surface area contributed by atoms with Gasteiger partial charge in [0.05, 0.1) is 11.9 Å². The normalized spacial score (nSPS) is 14.2. The minimum absolute atomic E-state index is 0.832. The Morgan fingerprint density at radius 2 is 2.17 bits per heavy atom. The largest absolute Gasteiger partial charge is 0.251 e. The number of nitrogens with zero attached hydrogens (tertiary/aromatic N) is 3. The average Bonchev–Trinajstić information content (AvgIpc) is 2.56. The van der Waals surface area contributed by atoms with E-state index in [1.54, 1.807) is 6.20 Å². The number of hydrogen-bond acceptors (Lipinski definition) is 2. The summed E-state index contributed by atoms with van der Waals surface area (Å²) >= 11 is 0. The first-order valence-electron chi connectivity index (χ1n) is 3.75. The van der Waals surface area contributed by atoms with Gasteiger partial charge in [-0.1, -0.05) is 6.07 Å². The molecule has 0 amide bonds. The van der Waals surface area contributed by atoms with Crippen molar-refractivity contribution in [1.29, 1.82) is 0 Å². The Kier molecular flexibility index (Phi) is 1.63. The average molecular weight is 158 g/mol. The number of hydrogen-bond donors (Lipinski definition) is 0. The molecule has 3 heteroatoms. The second-order valence-electron chi connectivity index (χ2n) is 2.58. The second-order valence-corrected chi connectivity index (χ2v) is 2.58. The van der Waals surface area contributed by atoms with Crippen LogP contribution in [-0.4, -0.2) is 10.7 Å². The van der Waals surface area contributed by atoms with Crippen LogP contribution in [0.1, 0.15) is 11.4 Å². The van der Waals surface area contributed by atoms with Gasteiger partial charge in [0.25, 0.3) is 0 Å². The molecule has 59 valence electrons. The fraction of sp³-hybridized carbons (Fsp3) is 0.111. The number of rotatable bonds is 1. The molecular weight excluding hydrogens is 150 g/mol. The Hall–Kier alpha value is -1.64. The summed E-state index contributed by atoms with van der Waals surface area (Å²) in [5, 5.41) is 3.92. The molecule has 2 heterocycles. The van der Waals surface area contributed by atoms with Crippen LogP contribution < -0.4 is 5.43 Å². The van der Waals surface area contributed by atoms with Crippen molar-refractivity contribution < 1.29 is 0 Å². The predicted molar refractivity (Wildman–Crippen MR) is 46.8 cm³/mol. The molecule has 1 radical (unpaired) electrons. The Bertz CT molecular complexity index is 353. The minimum atomic E-state index is 0.832. The van der Waals surface area contributed by atoms with Crippen molar-refractivity contribution in [2.45, 2.75) is 6.92 Å². The number of allylic oxidation sites excluding steroid dienone is 1. The predicted octanol–water partition coefficient (Wildman–Crippen LogP) is 1.23. The molecule has 0 spiro atoms. The van der Waals surface area contributed by atoms with Gasteiger partial charge >= 0.3 is 0 Å². The first-order valence-corrected chi connectivity index (χ1v) is 3.75. The van der Waals surface area contributed by atoms with Crippen LogP contribution in [0.15, 0.2) is 35.6 Å². The van der Waals surface area contributed by atoms with Gasteiger partial charge in [-0.05, 0) is 25.1 Å². The summed E-state index contributed by atoms with van der Waals surface area (Å²) < 4.78 is 0. The van der Waals surface area contributed by atoms with E-state index in [4.69, 9.17) is 0 Å². The third-order valence-corrected chi connectivity index (χ3v) is 1.62. The van der Waals surface area contributed by atoms with Gasteiger partial charge in [-0.25, -0.2) is 0 Å². The van der Waals surface area contributed by atoms with Gasteiger partial charge in [0.1, 0.15) is 5.71 Å². The van der Waals surface area contributed by atoms with E-state index in [9.17, 15) is 0 Å². The fourth-order valence-corrected chi connectivity index (χ4v) is 1.06. The van der Waals surface area contributed by atoms with Gasteiger partial charge in [-0.3, -0.25) is 4.98 Å². The SMILES string of the molecule is Cc1cccc(C2=N[N]C=C2)n1. The second kappa shape index (κ2) is 2.77. The van der Waals surface area contributed by atoms with Gasteiger partial charge < -0.3 is 0 Å². The summed E-state index contributed by atoms with van der Waals surface area (Å²) in [6.45, 7) is 1.96. The van der Waals surface area contributed by atoms with Crippen molar-refractivity contribution in [3.63, 3.8) is 0 Å². The van der Waals surface area contributed by atoms with Crippen molar-refractivity contribution in [3.8, 4) is 0 Å². The van der Waals surface area contributed by atoms with E-state index in [1.165, 1.54) is 0 Å². The van der Waals surface area contributed by atoms with Crippen molar-refractivity contribution >= 4 is 5.71 Å². The lowest BCUT2D eigenvalue weighted by atomic mass is 10.2. The monoisotopic (exact) mass is 158 g/mol. The van der Waals surface area contributed by atoms with Crippen molar-refractivity contribution in [3.05, 3.63) is 41.9 Å². The molecule has 0 N–H and O–H groups in total. The Labute approximate surface area is 70.8 Å². The highest BCUT2D eigenvalue weighted by molar-refractivity contribution is 6.08. The zero-order valence-electron chi connectivity index (χ0n) is 6.73. The van der Waals surface area contributed by atoms with Gasteiger partial charge in [0.2, 0.25) is 0 Å². The van der Waals surface area contributed by atoms with E-state index in [1.807, 2.05) is 31.2 Å². The highest BCUT2D eigenvalue weighted by Crippen LogP contribution is 2.03. The van der Waals surface area contributed by atoms with Gasteiger partial charge in [0.15, 0.2) is 0 Å². The van der Waals surface area contributed by atoms with Crippen LogP contribution in [0.2, 0.25) is 0 Å². The molecule has 1 aromatic heterocycles. The number of aromatic nitrogens is 1. The summed E-state index contributed by atoms with van der Waals surface area (Å²) in [5.74, 6) is 0. The Morgan fingerprint density at radius 3 is 2.83 bits per heavy atom. The zero-order valence-corrected chi connectivity index (χ0v) is 6.73. The summed E-state index contributed by atoms with van der Waals surface area (Å²) in [5.41, 5.74) is 6.45. The lowest BCUT2D eigenvalue weighted by Gasteiger charge is -1.96. The van der Waals surface area contributed by atoms with Gasteiger partial charge in [0, 0.05) is 5.69 Å². The summed E-state index contributed by atoms with van der Waals surface area (Å²) in [6.07, 6.45) is 3.52. The van der Waals surface area contributed by atoms with Crippen LogP contribution in [0.3, 0.4) is 0 Å². The van der Waals surface area contributed by atoms with Crippen LogP contribution in [0.5, 0.6) is 0 Å². The van der Waals surface area contributed by atoms with Crippen molar-refractivity contribution in [2.75, 3.05) is 0 Å². The van der Waals surface area contributed by atoms with Gasteiger partial charge in [-0.15, -0.1) is 5.10 Å². The molecule has 0 unspecified atom stereocenters. The van der Waals surface area contributed by atoms with Gasteiger partial charge in [-0.2, -0.15) is 5.43 Å². The lowest BCUT2D eigenvalue weighted by Crippen LogP contribution is -1.99. The van der Waals surface area contributed by atoms with Crippen LogP contribution in [-0.2, 0) is 0 Å². The van der Waals surface area contributed by atoms with E-state index >= 15 is 0 Å². The maximum absolute atomic E-state index is 4.31. The molecule has 0 bridgehead atoms.